The predicted molar refractivity (Wildman–Crippen MR) is 57.2 cm³/mol. The van der Waals surface area contributed by atoms with Gasteiger partial charge in [0.05, 0.1) is 0 Å². The molecule has 0 saturated carbocycles. The van der Waals surface area contributed by atoms with Crippen molar-refractivity contribution in [3.63, 3.8) is 0 Å². The number of thioether (sulfide) groups is 1. The predicted octanol–water partition coefficient (Wildman–Crippen LogP) is 1.19. The van der Waals surface area contributed by atoms with Crippen LogP contribution in [-0.2, 0) is 4.79 Å². The molecule has 2 N–H and O–H groups in total. The third kappa shape index (κ3) is 13.5. The Morgan fingerprint density at radius 2 is 1.92 bits per heavy atom. The van der Waals surface area contributed by atoms with Gasteiger partial charge < -0.3 is 10.2 Å². The Morgan fingerprint density at radius 3 is 2.00 bits per heavy atom. The number of carbonyl (C=O) groups is 1. The van der Waals surface area contributed by atoms with Gasteiger partial charge in [-0.15, -0.1) is 11.8 Å². The summed E-state index contributed by atoms with van der Waals surface area (Å²) in [6.45, 7) is 1.69. The van der Waals surface area contributed by atoms with Gasteiger partial charge in [0.1, 0.15) is 0 Å². The third-order valence-electron chi connectivity index (χ3n) is 0.537. The molecule has 2 radical (unpaired) electrons. The van der Waals surface area contributed by atoms with Gasteiger partial charge in [-0.2, -0.15) is 12.6 Å². The van der Waals surface area contributed by atoms with Crippen LogP contribution in [0.15, 0.2) is 0 Å². The number of rotatable bonds is 3. The first-order chi connectivity index (χ1) is 5.45. The monoisotopic (exact) mass is 318 g/mol. The fourth-order valence-corrected chi connectivity index (χ4v) is 1.08. The molecule has 0 aromatic carbocycles. The summed E-state index contributed by atoms with van der Waals surface area (Å²) >= 11 is 4.98. The van der Waals surface area contributed by atoms with Crippen molar-refractivity contribution in [2.75, 3.05) is 0 Å². The van der Waals surface area contributed by atoms with Crippen LogP contribution in [0.2, 0.25) is 9.88 Å². The van der Waals surface area contributed by atoms with Crippen LogP contribution in [0.1, 0.15) is 6.92 Å². The molecule has 6 heteroatoms. The molecule has 0 saturated heterocycles. The third-order valence-corrected chi connectivity index (χ3v) is 1.76. The maximum atomic E-state index is 9.93. The van der Waals surface area contributed by atoms with E-state index in [0.29, 0.717) is 0 Å². The van der Waals surface area contributed by atoms with E-state index in [0.717, 1.165) is 11.8 Å². The Kier molecular flexibility index (Phi) is 12.9. The number of carboxylic acids is 1. The topological polar surface area (TPSA) is 57.5 Å². The van der Waals surface area contributed by atoms with Crippen LogP contribution in [0.5, 0.6) is 0 Å². The average Bonchev–Trinajstić information content (AvgIpc) is 1.87. The zero-order valence-electron chi connectivity index (χ0n) is 7.31. The molecule has 0 aliphatic heterocycles. The molecule has 0 fully saturated rings. The Bertz CT molecular complexity index is 121. The van der Waals surface area contributed by atoms with Gasteiger partial charge in [0.2, 0.25) is 0 Å². The molecule has 0 heterocycles. The van der Waals surface area contributed by atoms with E-state index in [4.69, 9.17) is 10.2 Å². The molecular weight excluding hydrogens is 303 g/mol. The number of carboxylic acid groups (broad SMARTS) is 1. The number of aliphatic hydroxyl groups is 1. The van der Waals surface area contributed by atoms with Gasteiger partial charge in [0.25, 0.3) is 0 Å². The second-order valence-corrected chi connectivity index (χ2v) is 7.33. The van der Waals surface area contributed by atoms with Gasteiger partial charge in [-0.25, -0.2) is 4.79 Å². The van der Waals surface area contributed by atoms with Crippen molar-refractivity contribution in [2.45, 2.75) is 26.8 Å². The van der Waals surface area contributed by atoms with Crippen LogP contribution in [-0.4, -0.2) is 47.3 Å². The summed E-state index contributed by atoms with van der Waals surface area (Å²) in [7, 11) is 0. The van der Waals surface area contributed by atoms with Crippen LogP contribution < -0.4 is 0 Å². The summed E-state index contributed by atoms with van der Waals surface area (Å²) in [5.41, 5.74) is -1.35. The molecular formula is C6H14O3S2Sn. The molecule has 72 valence electrons. The molecule has 3 nitrogen and oxygen atoms in total. The standard InChI is InChI=1S/C4H8O3S2.2CH3.Sn/c1-2(8)9-4(7)3(5)6;;;/h2,4,7-8H,1H3,(H,5,6);2*1H3;. The van der Waals surface area contributed by atoms with Gasteiger partial charge in [0, 0.05) is 4.58 Å². The number of hydrogen-bond acceptors (Lipinski definition) is 4. The van der Waals surface area contributed by atoms with Crippen LogP contribution >= 0.6 is 24.4 Å². The Labute approximate surface area is 92.9 Å². The minimum absolute atomic E-state index is 0.156. The van der Waals surface area contributed by atoms with Gasteiger partial charge in [-0.1, -0.05) is 0 Å². The molecule has 0 spiro atoms. The SMILES string of the molecule is CC(S)SC(O)C(=O)O.[CH3][Sn][CH3]. The molecule has 12 heavy (non-hydrogen) atoms. The molecule has 0 aromatic rings. The van der Waals surface area contributed by atoms with E-state index in [9.17, 15) is 4.79 Å². The van der Waals surface area contributed by atoms with E-state index >= 15 is 0 Å². The van der Waals surface area contributed by atoms with Crippen molar-refractivity contribution in [3.8, 4) is 0 Å². The van der Waals surface area contributed by atoms with E-state index in [2.05, 4.69) is 22.5 Å². The van der Waals surface area contributed by atoms with Crippen molar-refractivity contribution in [3.05, 3.63) is 0 Å². The zero-order valence-corrected chi connectivity index (χ0v) is 11.9. The Hall–Kier alpha value is 0.929. The van der Waals surface area contributed by atoms with Crippen LogP contribution in [0, 0.1) is 0 Å². The van der Waals surface area contributed by atoms with Crippen LogP contribution in [0.4, 0.5) is 0 Å². The number of thiol groups is 1. The van der Waals surface area contributed by atoms with Crippen LogP contribution in [0.3, 0.4) is 0 Å². The average molecular weight is 317 g/mol. The fourth-order valence-electron chi connectivity index (χ4n) is 0.245. The van der Waals surface area contributed by atoms with Gasteiger partial charge >= 0.3 is 37.0 Å². The van der Waals surface area contributed by atoms with Crippen molar-refractivity contribution in [1.29, 1.82) is 0 Å². The summed E-state index contributed by atoms with van der Waals surface area (Å²) in [5, 5.41) is 16.7. The fraction of sp³-hybridized carbons (Fsp3) is 0.833. The summed E-state index contributed by atoms with van der Waals surface area (Å²) in [6.07, 6.45) is 0. The molecule has 0 rings (SSSR count). The molecule has 0 amide bonds. The summed E-state index contributed by atoms with van der Waals surface area (Å²) in [4.78, 5) is 14.5. The molecule has 0 aromatic heterocycles. The first-order valence-corrected chi connectivity index (χ1v) is 10.4. The first-order valence-electron chi connectivity index (χ1n) is 3.28. The Morgan fingerprint density at radius 1 is 1.58 bits per heavy atom. The van der Waals surface area contributed by atoms with E-state index in [1.807, 2.05) is 0 Å². The molecule has 0 aliphatic carbocycles. The summed E-state index contributed by atoms with van der Waals surface area (Å²) in [5.74, 6) is -1.22. The summed E-state index contributed by atoms with van der Waals surface area (Å²) < 4.78 is -0.156. The molecule has 0 bridgehead atoms. The van der Waals surface area contributed by atoms with Gasteiger partial charge in [0.15, 0.2) is 5.44 Å². The van der Waals surface area contributed by atoms with E-state index in [1.54, 1.807) is 6.92 Å². The van der Waals surface area contributed by atoms with Crippen molar-refractivity contribution in [1.82, 2.24) is 0 Å². The van der Waals surface area contributed by atoms with E-state index in [-0.39, 0.29) is 25.7 Å². The molecule has 2 unspecified atom stereocenters. The number of aliphatic hydroxyl groups excluding tert-OH is 1. The first kappa shape index (κ1) is 15.4. The van der Waals surface area contributed by atoms with Crippen molar-refractivity contribution in [2.24, 2.45) is 0 Å². The molecule has 2 atom stereocenters. The van der Waals surface area contributed by atoms with Gasteiger partial charge in [-0.3, -0.25) is 0 Å². The van der Waals surface area contributed by atoms with Crippen molar-refractivity contribution >= 4 is 51.5 Å². The summed E-state index contributed by atoms with van der Waals surface area (Å²) in [6, 6.07) is 0. The van der Waals surface area contributed by atoms with Crippen molar-refractivity contribution < 1.29 is 15.0 Å². The normalized spacial score (nSPS) is 14.1. The number of aliphatic carboxylic acids is 1. The number of hydrogen-bond donors (Lipinski definition) is 3. The maximum absolute atomic E-state index is 9.93. The van der Waals surface area contributed by atoms with E-state index in [1.165, 1.54) is 0 Å². The second-order valence-electron chi connectivity index (χ2n) is 1.93. The van der Waals surface area contributed by atoms with E-state index < -0.39 is 11.4 Å². The second kappa shape index (κ2) is 10.0. The minimum atomic E-state index is -1.35. The Balaban J connectivity index is 0. The van der Waals surface area contributed by atoms with Crippen LogP contribution in [0.25, 0.3) is 0 Å². The zero-order chi connectivity index (χ0) is 10.1. The van der Waals surface area contributed by atoms with Gasteiger partial charge in [-0.05, 0) is 6.92 Å². The molecule has 0 aliphatic rings. The quantitative estimate of drug-likeness (QED) is 0.416.